The van der Waals surface area contributed by atoms with Crippen LogP contribution in [0.25, 0.3) is 0 Å². The van der Waals surface area contributed by atoms with Gasteiger partial charge in [0, 0.05) is 45.1 Å². The first kappa shape index (κ1) is 14.2. The Morgan fingerprint density at radius 1 is 1.57 bits per heavy atom. The maximum atomic E-state index is 12.6. The van der Waals surface area contributed by atoms with Gasteiger partial charge in [-0.1, -0.05) is 0 Å². The largest absolute Gasteiger partial charge is 0.383 e. The van der Waals surface area contributed by atoms with Gasteiger partial charge < -0.3 is 19.7 Å². The summed E-state index contributed by atoms with van der Waals surface area (Å²) in [5.74, 6) is 0.903. The number of rotatable bonds is 5. The average Bonchev–Trinajstić information content (AvgIpc) is 3.06. The summed E-state index contributed by atoms with van der Waals surface area (Å²) >= 11 is 0. The summed E-state index contributed by atoms with van der Waals surface area (Å²) in [6.07, 6.45) is 3.44. The zero-order valence-electron chi connectivity index (χ0n) is 12.1. The molecule has 7 nitrogen and oxygen atoms in total. The van der Waals surface area contributed by atoms with Gasteiger partial charge in [-0.25, -0.2) is 9.97 Å². The maximum Gasteiger partial charge on any atom is 0.230 e. The van der Waals surface area contributed by atoms with Crippen molar-refractivity contribution in [2.45, 2.75) is 0 Å². The molecule has 0 saturated carbocycles. The number of hydrogen-bond acceptors (Lipinski definition) is 6. The lowest BCUT2D eigenvalue weighted by Gasteiger charge is -2.25. The van der Waals surface area contributed by atoms with E-state index in [0.29, 0.717) is 38.9 Å². The van der Waals surface area contributed by atoms with Crippen molar-refractivity contribution < 1.29 is 14.3 Å². The van der Waals surface area contributed by atoms with Gasteiger partial charge in [-0.3, -0.25) is 4.79 Å². The van der Waals surface area contributed by atoms with Gasteiger partial charge in [0.15, 0.2) is 0 Å². The number of aromatic nitrogens is 2. The molecule has 2 aliphatic rings. The molecule has 2 aliphatic heterocycles. The first-order valence-electron chi connectivity index (χ1n) is 7.13. The van der Waals surface area contributed by atoms with Crippen LogP contribution in [0.5, 0.6) is 0 Å². The minimum Gasteiger partial charge on any atom is -0.383 e. The summed E-state index contributed by atoms with van der Waals surface area (Å²) in [7, 11) is 1.62. The van der Waals surface area contributed by atoms with Crippen molar-refractivity contribution in [3.05, 3.63) is 18.5 Å². The lowest BCUT2D eigenvalue weighted by atomic mass is 9.80. The molecule has 2 fully saturated rings. The SMILES string of the molecule is COCCNC(=O)[C@@]12COC[C@@H]1CN(c1ncccn1)C2. The molecule has 3 heterocycles. The maximum absolute atomic E-state index is 12.6. The van der Waals surface area contributed by atoms with Crippen molar-refractivity contribution in [2.75, 3.05) is 51.5 Å². The summed E-state index contributed by atoms with van der Waals surface area (Å²) in [4.78, 5) is 23.2. The number of carbonyl (C=O) groups excluding carboxylic acids is 1. The highest BCUT2D eigenvalue weighted by Crippen LogP contribution is 2.42. The lowest BCUT2D eigenvalue weighted by Crippen LogP contribution is -2.47. The molecule has 2 saturated heterocycles. The van der Waals surface area contributed by atoms with Crippen molar-refractivity contribution in [1.29, 1.82) is 0 Å². The molecule has 1 N–H and O–H groups in total. The summed E-state index contributed by atoms with van der Waals surface area (Å²) in [6.45, 7) is 3.45. The Hall–Kier alpha value is -1.73. The smallest absolute Gasteiger partial charge is 0.230 e. The standard InChI is InChI=1S/C14H20N4O3/c1-20-6-5-15-12(19)14-9-18(7-11(14)8-21-10-14)13-16-3-2-4-17-13/h2-4,11H,5-10H2,1H3,(H,15,19)/t11-,14-/m0/s1. The Balaban J connectivity index is 1.73. The number of fused-ring (bicyclic) bond motifs is 1. The number of nitrogens with zero attached hydrogens (tertiary/aromatic N) is 3. The van der Waals surface area contributed by atoms with E-state index in [9.17, 15) is 4.79 Å². The number of methoxy groups -OCH3 is 1. The zero-order chi connectivity index (χ0) is 14.7. The number of amides is 1. The van der Waals surface area contributed by atoms with Gasteiger partial charge in [0.2, 0.25) is 11.9 Å². The first-order valence-corrected chi connectivity index (χ1v) is 7.13. The monoisotopic (exact) mass is 292 g/mol. The molecule has 1 aromatic heterocycles. The lowest BCUT2D eigenvalue weighted by molar-refractivity contribution is -0.131. The number of ether oxygens (including phenoxy) is 2. The topological polar surface area (TPSA) is 76.6 Å². The minimum atomic E-state index is -0.493. The third kappa shape index (κ3) is 2.58. The molecular formula is C14H20N4O3. The van der Waals surface area contributed by atoms with Crippen molar-refractivity contribution in [3.63, 3.8) is 0 Å². The van der Waals surface area contributed by atoms with Crippen LogP contribution in [0.1, 0.15) is 0 Å². The van der Waals surface area contributed by atoms with Crippen LogP contribution in [0.15, 0.2) is 18.5 Å². The van der Waals surface area contributed by atoms with E-state index in [-0.39, 0.29) is 11.8 Å². The molecule has 21 heavy (non-hydrogen) atoms. The van der Waals surface area contributed by atoms with E-state index in [1.807, 2.05) is 0 Å². The summed E-state index contributed by atoms with van der Waals surface area (Å²) in [5, 5.41) is 2.95. The fraction of sp³-hybridized carbons (Fsp3) is 0.643. The fourth-order valence-corrected chi connectivity index (χ4v) is 3.11. The third-order valence-corrected chi connectivity index (χ3v) is 4.25. The van der Waals surface area contributed by atoms with Crippen LogP contribution in [0, 0.1) is 11.3 Å². The van der Waals surface area contributed by atoms with Crippen LogP contribution < -0.4 is 10.2 Å². The molecule has 1 amide bonds. The predicted octanol–water partition coefficient (Wildman–Crippen LogP) is -0.308. The van der Waals surface area contributed by atoms with Crippen LogP contribution >= 0.6 is 0 Å². The van der Waals surface area contributed by atoms with Crippen LogP contribution in [0.4, 0.5) is 5.95 Å². The van der Waals surface area contributed by atoms with Gasteiger partial charge in [-0.15, -0.1) is 0 Å². The van der Waals surface area contributed by atoms with Crippen molar-refractivity contribution in [1.82, 2.24) is 15.3 Å². The molecule has 0 bridgehead atoms. The van der Waals surface area contributed by atoms with E-state index in [0.717, 1.165) is 6.54 Å². The Morgan fingerprint density at radius 2 is 2.38 bits per heavy atom. The molecule has 114 valence electrons. The van der Waals surface area contributed by atoms with Gasteiger partial charge in [0.05, 0.1) is 25.2 Å². The third-order valence-electron chi connectivity index (χ3n) is 4.25. The second-order valence-electron chi connectivity index (χ2n) is 5.55. The van der Waals surface area contributed by atoms with E-state index in [1.54, 1.807) is 25.6 Å². The van der Waals surface area contributed by atoms with Crippen LogP contribution in [0.2, 0.25) is 0 Å². The quantitative estimate of drug-likeness (QED) is 0.750. The Kier molecular flexibility index (Phi) is 4.03. The number of hydrogen-bond donors (Lipinski definition) is 1. The highest BCUT2D eigenvalue weighted by molar-refractivity contribution is 5.85. The summed E-state index contributed by atoms with van der Waals surface area (Å²) < 4.78 is 10.5. The van der Waals surface area contributed by atoms with Gasteiger partial charge >= 0.3 is 0 Å². The van der Waals surface area contributed by atoms with Crippen LogP contribution in [-0.4, -0.2) is 62.4 Å². The van der Waals surface area contributed by atoms with Gasteiger partial charge in [0.25, 0.3) is 0 Å². The summed E-state index contributed by atoms with van der Waals surface area (Å²) in [6, 6.07) is 1.79. The molecule has 0 aromatic carbocycles. The van der Waals surface area contributed by atoms with E-state index < -0.39 is 5.41 Å². The predicted molar refractivity (Wildman–Crippen MR) is 75.9 cm³/mol. The van der Waals surface area contributed by atoms with E-state index in [2.05, 4.69) is 20.2 Å². The minimum absolute atomic E-state index is 0.0421. The molecule has 0 aliphatic carbocycles. The molecule has 7 heteroatoms. The second kappa shape index (κ2) is 5.95. The van der Waals surface area contributed by atoms with Gasteiger partial charge in [-0.05, 0) is 6.07 Å². The van der Waals surface area contributed by atoms with Crippen molar-refractivity contribution in [2.24, 2.45) is 11.3 Å². The van der Waals surface area contributed by atoms with E-state index in [1.165, 1.54) is 0 Å². The molecule has 0 radical (unpaired) electrons. The number of anilines is 1. The first-order chi connectivity index (χ1) is 10.3. The molecule has 0 unspecified atom stereocenters. The van der Waals surface area contributed by atoms with Crippen LogP contribution in [0.3, 0.4) is 0 Å². The molecule has 1 aromatic rings. The van der Waals surface area contributed by atoms with E-state index >= 15 is 0 Å². The average molecular weight is 292 g/mol. The highest BCUT2D eigenvalue weighted by atomic mass is 16.5. The normalized spacial score (nSPS) is 27.7. The van der Waals surface area contributed by atoms with Gasteiger partial charge in [0.1, 0.15) is 0 Å². The summed E-state index contributed by atoms with van der Waals surface area (Å²) in [5.41, 5.74) is -0.493. The number of nitrogens with one attached hydrogen (secondary N) is 1. The molecule has 3 rings (SSSR count). The molecule has 2 atom stereocenters. The van der Waals surface area contributed by atoms with Crippen LogP contribution in [-0.2, 0) is 14.3 Å². The van der Waals surface area contributed by atoms with Crippen molar-refractivity contribution in [3.8, 4) is 0 Å². The molecule has 0 spiro atoms. The Bertz CT molecular complexity index is 498. The Labute approximate surface area is 123 Å². The highest BCUT2D eigenvalue weighted by Gasteiger charge is 2.56. The second-order valence-corrected chi connectivity index (χ2v) is 5.55. The Morgan fingerprint density at radius 3 is 3.14 bits per heavy atom. The molecular weight excluding hydrogens is 272 g/mol. The van der Waals surface area contributed by atoms with Crippen molar-refractivity contribution >= 4 is 11.9 Å². The van der Waals surface area contributed by atoms with E-state index in [4.69, 9.17) is 9.47 Å². The zero-order valence-corrected chi connectivity index (χ0v) is 12.1. The fourth-order valence-electron chi connectivity index (χ4n) is 3.11. The van der Waals surface area contributed by atoms with Gasteiger partial charge in [-0.2, -0.15) is 0 Å². The number of carbonyl (C=O) groups is 1.